The Morgan fingerprint density at radius 3 is 2.13 bits per heavy atom. The molecule has 2 aliphatic rings. The van der Waals surface area contributed by atoms with Crippen LogP contribution in [0.5, 0.6) is 11.6 Å². The maximum absolute atomic E-state index is 12.6. The van der Waals surface area contributed by atoms with Gasteiger partial charge in [-0.2, -0.15) is 0 Å². The van der Waals surface area contributed by atoms with Gasteiger partial charge < -0.3 is 9.47 Å². The minimum Gasteiger partial charge on any atom is -0.478 e. The smallest absolute Gasteiger partial charge is 0.314 e. The van der Waals surface area contributed by atoms with Crippen molar-refractivity contribution < 1.29 is 14.3 Å². The molecular formula is C27H43NO3. The third kappa shape index (κ3) is 8.12. The molecular weight excluding hydrogens is 386 g/mol. The number of pyridine rings is 1. The van der Waals surface area contributed by atoms with Crippen molar-refractivity contribution in [3.63, 3.8) is 0 Å². The largest absolute Gasteiger partial charge is 0.478 e. The van der Waals surface area contributed by atoms with Crippen molar-refractivity contribution >= 4 is 5.97 Å². The summed E-state index contributed by atoms with van der Waals surface area (Å²) < 4.78 is 11.2. The van der Waals surface area contributed by atoms with E-state index in [4.69, 9.17) is 9.47 Å². The monoisotopic (exact) mass is 429 g/mol. The number of hydrogen-bond donors (Lipinski definition) is 0. The summed E-state index contributed by atoms with van der Waals surface area (Å²) in [6, 6.07) is 3.58. The minimum absolute atomic E-state index is 0.0428. The molecule has 0 aliphatic heterocycles. The lowest BCUT2D eigenvalue weighted by Gasteiger charge is -2.31. The number of carbonyl (C=O) groups excluding carboxylic acids is 1. The van der Waals surface area contributed by atoms with E-state index in [2.05, 4.69) is 18.8 Å². The van der Waals surface area contributed by atoms with Gasteiger partial charge in [0.15, 0.2) is 0 Å². The summed E-state index contributed by atoms with van der Waals surface area (Å²) in [5.74, 6) is 3.82. The van der Waals surface area contributed by atoms with E-state index in [1.807, 2.05) is 0 Å². The zero-order chi connectivity index (χ0) is 21.9. The summed E-state index contributed by atoms with van der Waals surface area (Å²) >= 11 is 0. The highest BCUT2D eigenvalue weighted by atomic mass is 16.5. The van der Waals surface area contributed by atoms with Crippen LogP contribution in [0.4, 0.5) is 0 Å². The molecule has 0 spiro atoms. The van der Waals surface area contributed by atoms with Gasteiger partial charge in [0, 0.05) is 6.07 Å². The Morgan fingerprint density at radius 1 is 0.903 bits per heavy atom. The predicted octanol–water partition coefficient (Wildman–Crippen LogP) is 7.36. The summed E-state index contributed by atoms with van der Waals surface area (Å²) in [6.07, 6.45) is 19.2. The fourth-order valence-corrected chi connectivity index (χ4v) is 5.33. The zero-order valence-electron chi connectivity index (χ0n) is 19.8. The number of unbranched alkanes of at least 4 members (excludes halogenated alkanes) is 2. The van der Waals surface area contributed by atoms with Crippen molar-refractivity contribution in [2.45, 2.75) is 104 Å². The maximum Gasteiger partial charge on any atom is 0.314 e. The Kier molecular flexibility index (Phi) is 10.2. The van der Waals surface area contributed by atoms with Crippen LogP contribution in [-0.2, 0) is 4.79 Å². The lowest BCUT2D eigenvalue weighted by atomic mass is 9.75. The van der Waals surface area contributed by atoms with Gasteiger partial charge in [-0.25, -0.2) is 4.98 Å². The van der Waals surface area contributed by atoms with Gasteiger partial charge in [-0.3, -0.25) is 4.79 Å². The summed E-state index contributed by atoms with van der Waals surface area (Å²) in [6.45, 7) is 5.19. The standard InChI is InChI=1S/C27H43NO3/c1-3-5-6-19-30-26-18-17-25(20-28-26)31-27(29)24-15-13-23(14-16-24)12-11-22-9-7-21(4-2)8-10-22/h17-18,20-24H,3-16,19H2,1-2H3/t21-,22-,23-,24-. The van der Waals surface area contributed by atoms with Crippen molar-refractivity contribution in [3.8, 4) is 11.6 Å². The molecule has 174 valence electrons. The van der Waals surface area contributed by atoms with Crippen LogP contribution in [0.25, 0.3) is 0 Å². The molecule has 2 fully saturated rings. The first kappa shape index (κ1) is 24.1. The molecule has 2 aliphatic carbocycles. The number of nitrogens with zero attached hydrogens (tertiary/aromatic N) is 1. The Labute approximate surface area is 189 Å². The molecule has 1 heterocycles. The van der Waals surface area contributed by atoms with Gasteiger partial charge in [0.2, 0.25) is 5.88 Å². The second kappa shape index (κ2) is 13.1. The van der Waals surface area contributed by atoms with Crippen molar-refractivity contribution in [1.29, 1.82) is 0 Å². The number of esters is 1. The van der Waals surface area contributed by atoms with E-state index < -0.39 is 0 Å². The van der Waals surface area contributed by atoms with Crippen molar-refractivity contribution in [2.75, 3.05) is 6.61 Å². The number of hydrogen-bond acceptors (Lipinski definition) is 4. The van der Waals surface area contributed by atoms with Crippen LogP contribution in [0.15, 0.2) is 18.3 Å². The third-order valence-corrected chi connectivity index (χ3v) is 7.63. The minimum atomic E-state index is -0.0882. The first-order valence-corrected chi connectivity index (χ1v) is 13.0. The van der Waals surface area contributed by atoms with Gasteiger partial charge in [0.1, 0.15) is 5.75 Å². The molecule has 1 aromatic rings. The van der Waals surface area contributed by atoms with Crippen molar-refractivity contribution in [3.05, 3.63) is 18.3 Å². The Morgan fingerprint density at radius 2 is 1.55 bits per heavy atom. The lowest BCUT2D eigenvalue weighted by Crippen LogP contribution is -2.26. The van der Waals surface area contributed by atoms with Crippen LogP contribution in [0, 0.1) is 23.7 Å². The van der Waals surface area contributed by atoms with Crippen LogP contribution in [0.1, 0.15) is 104 Å². The van der Waals surface area contributed by atoms with E-state index >= 15 is 0 Å². The van der Waals surface area contributed by atoms with Gasteiger partial charge in [-0.1, -0.05) is 71.6 Å². The van der Waals surface area contributed by atoms with E-state index in [1.165, 1.54) is 64.2 Å². The second-order valence-electron chi connectivity index (χ2n) is 9.90. The van der Waals surface area contributed by atoms with Gasteiger partial charge in [-0.15, -0.1) is 0 Å². The molecule has 0 saturated heterocycles. The average molecular weight is 430 g/mol. The first-order valence-electron chi connectivity index (χ1n) is 13.0. The molecule has 1 aromatic heterocycles. The Balaban J connectivity index is 1.32. The van der Waals surface area contributed by atoms with Crippen molar-refractivity contribution in [2.24, 2.45) is 23.7 Å². The molecule has 4 nitrogen and oxygen atoms in total. The molecule has 0 radical (unpaired) electrons. The SMILES string of the molecule is CCCCCOc1ccc(OC(=O)[C@H]2CC[C@H](CC[C@H]3CC[C@H](CC)CC3)CC2)cn1. The highest BCUT2D eigenvalue weighted by Crippen LogP contribution is 2.37. The quantitative estimate of drug-likeness (QED) is 0.272. The molecule has 4 heteroatoms. The number of ether oxygens (including phenoxy) is 2. The van der Waals surface area contributed by atoms with Crippen LogP contribution >= 0.6 is 0 Å². The fraction of sp³-hybridized carbons (Fsp3) is 0.778. The fourth-order valence-electron chi connectivity index (χ4n) is 5.33. The number of aromatic nitrogens is 1. The highest BCUT2D eigenvalue weighted by molar-refractivity contribution is 5.75. The predicted molar refractivity (Wildman–Crippen MR) is 125 cm³/mol. The van der Waals surface area contributed by atoms with Crippen molar-refractivity contribution in [1.82, 2.24) is 4.98 Å². The topological polar surface area (TPSA) is 48.4 Å². The second-order valence-corrected chi connectivity index (χ2v) is 9.90. The molecule has 0 bridgehead atoms. The van der Waals surface area contributed by atoms with E-state index in [-0.39, 0.29) is 11.9 Å². The van der Waals surface area contributed by atoms with Crippen LogP contribution in [0.2, 0.25) is 0 Å². The molecule has 0 unspecified atom stereocenters. The zero-order valence-corrected chi connectivity index (χ0v) is 19.8. The number of carbonyl (C=O) groups is 1. The van der Waals surface area contributed by atoms with E-state index in [1.54, 1.807) is 18.3 Å². The maximum atomic E-state index is 12.6. The van der Waals surface area contributed by atoms with Gasteiger partial charge in [-0.05, 0) is 55.9 Å². The molecule has 3 rings (SSSR count). The average Bonchev–Trinajstić information content (AvgIpc) is 2.82. The molecule has 31 heavy (non-hydrogen) atoms. The molecule has 0 amide bonds. The summed E-state index contributed by atoms with van der Waals surface area (Å²) in [5, 5.41) is 0. The first-order chi connectivity index (χ1) is 15.2. The Hall–Kier alpha value is -1.58. The summed E-state index contributed by atoms with van der Waals surface area (Å²) in [5.41, 5.74) is 0. The molecule has 0 atom stereocenters. The number of rotatable bonds is 11. The van der Waals surface area contributed by atoms with Crippen LogP contribution < -0.4 is 9.47 Å². The van der Waals surface area contributed by atoms with E-state index in [0.717, 1.165) is 43.4 Å². The molecule has 0 N–H and O–H groups in total. The molecule has 0 aromatic carbocycles. The van der Waals surface area contributed by atoms with E-state index in [9.17, 15) is 4.79 Å². The van der Waals surface area contributed by atoms with Gasteiger partial charge >= 0.3 is 5.97 Å². The van der Waals surface area contributed by atoms with E-state index in [0.29, 0.717) is 18.2 Å². The summed E-state index contributed by atoms with van der Waals surface area (Å²) in [4.78, 5) is 16.9. The van der Waals surface area contributed by atoms with Crippen LogP contribution in [0.3, 0.4) is 0 Å². The Bertz CT molecular complexity index is 628. The van der Waals surface area contributed by atoms with Crippen LogP contribution in [-0.4, -0.2) is 17.6 Å². The summed E-state index contributed by atoms with van der Waals surface area (Å²) in [7, 11) is 0. The normalized spacial score (nSPS) is 26.4. The third-order valence-electron chi connectivity index (χ3n) is 7.63. The lowest BCUT2D eigenvalue weighted by molar-refractivity contribution is -0.140. The van der Waals surface area contributed by atoms with Gasteiger partial charge in [0.25, 0.3) is 0 Å². The highest BCUT2D eigenvalue weighted by Gasteiger charge is 2.28. The van der Waals surface area contributed by atoms with Gasteiger partial charge in [0.05, 0.1) is 18.7 Å². The molecule has 2 saturated carbocycles.